The molecule has 0 aliphatic carbocycles. The molecule has 0 aromatic heterocycles. The van der Waals surface area contributed by atoms with Crippen molar-refractivity contribution in [2.75, 3.05) is 13.2 Å². The fourth-order valence-corrected chi connectivity index (χ4v) is 3.59. The van der Waals surface area contributed by atoms with Crippen LogP contribution in [0.3, 0.4) is 0 Å². The molecule has 1 aliphatic heterocycles. The molecule has 0 saturated heterocycles. The van der Waals surface area contributed by atoms with Gasteiger partial charge in [-0.1, -0.05) is 36.4 Å². The largest absolute Gasteiger partial charge is 0.493 e. The molecule has 0 radical (unpaired) electrons. The molecule has 28 heavy (non-hydrogen) atoms. The van der Waals surface area contributed by atoms with Crippen LogP contribution in [0.4, 0.5) is 0 Å². The lowest BCUT2D eigenvalue weighted by Gasteiger charge is -2.33. The van der Waals surface area contributed by atoms with Crippen LogP contribution in [0.2, 0.25) is 0 Å². The molecule has 148 valence electrons. The zero-order valence-corrected chi connectivity index (χ0v) is 16.5. The van der Waals surface area contributed by atoms with E-state index in [4.69, 9.17) is 4.74 Å². The van der Waals surface area contributed by atoms with Crippen LogP contribution in [0.25, 0.3) is 0 Å². The minimum Gasteiger partial charge on any atom is -0.493 e. The van der Waals surface area contributed by atoms with Gasteiger partial charge in [0.15, 0.2) is 0 Å². The minimum absolute atomic E-state index is 0.00693. The van der Waals surface area contributed by atoms with Gasteiger partial charge in [0, 0.05) is 19.5 Å². The number of carbonyl (C=O) groups is 2. The molecule has 2 aromatic rings. The summed E-state index contributed by atoms with van der Waals surface area (Å²) < 4.78 is 5.84. The average Bonchev–Trinajstić information content (AvgIpc) is 2.69. The summed E-state index contributed by atoms with van der Waals surface area (Å²) in [5, 5.41) is 9.53. The first-order chi connectivity index (χ1) is 13.5. The number of rotatable bonds is 7. The SMILES string of the molecule is Cc1ccc(C)c(OCCCCC(=O)N2Cc3ccccc3C(C(=O)O)C2)c1. The van der Waals surface area contributed by atoms with E-state index in [9.17, 15) is 14.7 Å². The highest BCUT2D eigenvalue weighted by Crippen LogP contribution is 2.29. The second-order valence-corrected chi connectivity index (χ2v) is 7.44. The van der Waals surface area contributed by atoms with Gasteiger partial charge in [-0.05, 0) is 55.0 Å². The van der Waals surface area contributed by atoms with Gasteiger partial charge >= 0.3 is 5.97 Å². The standard InChI is InChI=1S/C23H27NO4/c1-16-10-11-17(2)21(13-16)28-12-6-5-9-22(25)24-14-18-7-3-4-8-19(18)20(15-24)23(26)27/h3-4,7-8,10-11,13,20H,5-6,9,12,14-15H2,1-2H3,(H,26,27). The Morgan fingerprint density at radius 1 is 1.14 bits per heavy atom. The number of benzene rings is 2. The molecule has 0 bridgehead atoms. The van der Waals surface area contributed by atoms with Crippen LogP contribution >= 0.6 is 0 Å². The highest BCUT2D eigenvalue weighted by molar-refractivity contribution is 5.81. The Morgan fingerprint density at radius 3 is 2.71 bits per heavy atom. The molecule has 0 fully saturated rings. The molecule has 1 N–H and O–H groups in total. The van der Waals surface area contributed by atoms with Crippen molar-refractivity contribution in [1.82, 2.24) is 4.90 Å². The predicted octanol–water partition coefficient (Wildman–Crippen LogP) is 4.06. The number of carbonyl (C=O) groups excluding carboxylic acids is 1. The maximum Gasteiger partial charge on any atom is 0.312 e. The molecule has 1 heterocycles. The highest BCUT2D eigenvalue weighted by Gasteiger charge is 2.31. The number of fused-ring (bicyclic) bond motifs is 1. The number of aliphatic carboxylic acids is 1. The Bertz CT molecular complexity index is 861. The number of carboxylic acid groups (broad SMARTS) is 1. The van der Waals surface area contributed by atoms with E-state index in [0.29, 0.717) is 19.6 Å². The van der Waals surface area contributed by atoms with E-state index in [-0.39, 0.29) is 12.5 Å². The van der Waals surface area contributed by atoms with Gasteiger partial charge in [0.05, 0.1) is 12.5 Å². The highest BCUT2D eigenvalue weighted by atomic mass is 16.5. The van der Waals surface area contributed by atoms with Crippen LogP contribution in [-0.4, -0.2) is 35.0 Å². The summed E-state index contributed by atoms with van der Waals surface area (Å²) in [6, 6.07) is 13.6. The normalized spacial score (nSPS) is 15.8. The number of nitrogens with zero attached hydrogens (tertiary/aromatic N) is 1. The van der Waals surface area contributed by atoms with Gasteiger partial charge in [-0.25, -0.2) is 0 Å². The van der Waals surface area contributed by atoms with Gasteiger partial charge in [0.1, 0.15) is 5.75 Å². The summed E-state index contributed by atoms with van der Waals surface area (Å²) in [7, 11) is 0. The van der Waals surface area contributed by atoms with Crippen molar-refractivity contribution in [1.29, 1.82) is 0 Å². The van der Waals surface area contributed by atoms with Crippen molar-refractivity contribution in [3.05, 3.63) is 64.7 Å². The number of carboxylic acids is 1. The summed E-state index contributed by atoms with van der Waals surface area (Å²) in [4.78, 5) is 25.9. The monoisotopic (exact) mass is 381 g/mol. The number of ether oxygens (including phenoxy) is 1. The topological polar surface area (TPSA) is 66.8 Å². The van der Waals surface area contributed by atoms with Gasteiger partial charge in [0.25, 0.3) is 0 Å². The molecular formula is C23H27NO4. The van der Waals surface area contributed by atoms with Crippen LogP contribution in [0.15, 0.2) is 42.5 Å². The average molecular weight is 381 g/mol. The van der Waals surface area contributed by atoms with Crippen molar-refractivity contribution >= 4 is 11.9 Å². The lowest BCUT2D eigenvalue weighted by atomic mass is 9.89. The van der Waals surface area contributed by atoms with Gasteiger partial charge in [-0.2, -0.15) is 0 Å². The molecule has 1 atom stereocenters. The lowest BCUT2D eigenvalue weighted by Crippen LogP contribution is -2.40. The maximum atomic E-state index is 12.6. The van der Waals surface area contributed by atoms with Crippen molar-refractivity contribution in [2.45, 2.75) is 45.6 Å². The first-order valence-corrected chi connectivity index (χ1v) is 9.74. The van der Waals surface area contributed by atoms with Crippen molar-refractivity contribution in [3.63, 3.8) is 0 Å². The van der Waals surface area contributed by atoms with Crippen molar-refractivity contribution < 1.29 is 19.4 Å². The van der Waals surface area contributed by atoms with Gasteiger partial charge in [-0.3, -0.25) is 9.59 Å². The fourth-order valence-electron chi connectivity index (χ4n) is 3.59. The number of aryl methyl sites for hydroxylation is 2. The molecule has 0 saturated carbocycles. The van der Waals surface area contributed by atoms with E-state index in [0.717, 1.165) is 40.8 Å². The zero-order chi connectivity index (χ0) is 20.1. The Labute approximate surface area is 165 Å². The van der Waals surface area contributed by atoms with E-state index >= 15 is 0 Å². The van der Waals surface area contributed by atoms with E-state index < -0.39 is 11.9 Å². The summed E-state index contributed by atoms with van der Waals surface area (Å²) >= 11 is 0. The first kappa shape index (κ1) is 19.9. The van der Waals surface area contributed by atoms with Gasteiger partial charge in [0.2, 0.25) is 5.91 Å². The van der Waals surface area contributed by atoms with E-state index in [2.05, 4.69) is 6.07 Å². The third-order valence-corrected chi connectivity index (χ3v) is 5.23. The zero-order valence-electron chi connectivity index (χ0n) is 16.5. The van der Waals surface area contributed by atoms with Crippen molar-refractivity contribution in [2.24, 2.45) is 0 Å². The molecule has 5 nitrogen and oxygen atoms in total. The number of hydrogen-bond acceptors (Lipinski definition) is 3. The Balaban J connectivity index is 1.49. The second-order valence-electron chi connectivity index (χ2n) is 7.44. The molecule has 1 unspecified atom stereocenters. The first-order valence-electron chi connectivity index (χ1n) is 9.74. The molecular weight excluding hydrogens is 354 g/mol. The molecule has 2 aromatic carbocycles. The quantitative estimate of drug-likeness (QED) is 0.735. The molecule has 3 rings (SSSR count). The lowest BCUT2D eigenvalue weighted by molar-refractivity contribution is -0.141. The summed E-state index contributed by atoms with van der Waals surface area (Å²) in [6.07, 6.45) is 1.91. The molecule has 5 heteroatoms. The Kier molecular flexibility index (Phi) is 6.34. The van der Waals surface area contributed by atoms with Gasteiger partial charge in [-0.15, -0.1) is 0 Å². The minimum atomic E-state index is -0.883. The predicted molar refractivity (Wildman–Crippen MR) is 107 cm³/mol. The van der Waals surface area contributed by atoms with Crippen molar-refractivity contribution in [3.8, 4) is 5.75 Å². The summed E-state index contributed by atoms with van der Waals surface area (Å²) in [5.41, 5.74) is 4.01. The number of amides is 1. The van der Waals surface area contributed by atoms with Crippen LogP contribution < -0.4 is 4.74 Å². The Hall–Kier alpha value is -2.82. The van der Waals surface area contributed by atoms with E-state index in [1.54, 1.807) is 4.90 Å². The summed E-state index contributed by atoms with van der Waals surface area (Å²) in [5.74, 6) is -0.635. The number of hydrogen-bond donors (Lipinski definition) is 1. The molecule has 0 spiro atoms. The molecule has 1 amide bonds. The van der Waals surface area contributed by atoms with Crippen LogP contribution in [0.5, 0.6) is 5.75 Å². The van der Waals surface area contributed by atoms with Crippen LogP contribution in [0.1, 0.15) is 47.4 Å². The summed E-state index contributed by atoms with van der Waals surface area (Å²) in [6.45, 7) is 5.34. The maximum absolute atomic E-state index is 12.6. The third kappa shape index (κ3) is 4.71. The van der Waals surface area contributed by atoms with E-state index in [1.807, 2.05) is 50.2 Å². The third-order valence-electron chi connectivity index (χ3n) is 5.23. The molecule has 1 aliphatic rings. The fraction of sp³-hybridized carbons (Fsp3) is 0.391. The number of unbranched alkanes of at least 4 members (excludes halogenated alkanes) is 1. The smallest absolute Gasteiger partial charge is 0.312 e. The van der Waals surface area contributed by atoms with E-state index in [1.165, 1.54) is 0 Å². The second kappa shape index (κ2) is 8.91. The Morgan fingerprint density at radius 2 is 1.93 bits per heavy atom. The van der Waals surface area contributed by atoms with Crippen LogP contribution in [0, 0.1) is 13.8 Å². The van der Waals surface area contributed by atoms with Crippen LogP contribution in [-0.2, 0) is 16.1 Å². The van der Waals surface area contributed by atoms with Gasteiger partial charge < -0.3 is 14.7 Å².